The van der Waals surface area contributed by atoms with Gasteiger partial charge in [0.1, 0.15) is 11.4 Å². The average Bonchev–Trinajstić information content (AvgIpc) is 2.67. The molecule has 3 rings (SSSR count). The van der Waals surface area contributed by atoms with Gasteiger partial charge in [-0.15, -0.1) is 0 Å². The summed E-state index contributed by atoms with van der Waals surface area (Å²) < 4.78 is 18.1. The van der Waals surface area contributed by atoms with Gasteiger partial charge in [0.25, 0.3) is 5.91 Å². The Morgan fingerprint density at radius 1 is 1.18 bits per heavy atom. The van der Waals surface area contributed by atoms with Gasteiger partial charge in [-0.25, -0.2) is 9.18 Å². The SMILES string of the molecule is CC1(C)Nc2ccccc2N(CCCOC(=O)/C=C/c2ccc(F)cc2)C1=O. The highest BCUT2D eigenvalue weighted by Gasteiger charge is 2.38. The topological polar surface area (TPSA) is 58.6 Å². The monoisotopic (exact) mass is 382 g/mol. The molecule has 0 aliphatic carbocycles. The van der Waals surface area contributed by atoms with Crippen LogP contribution in [0.5, 0.6) is 0 Å². The minimum Gasteiger partial charge on any atom is -0.462 e. The van der Waals surface area contributed by atoms with Gasteiger partial charge in [0.2, 0.25) is 0 Å². The Bertz CT molecular complexity index is 891. The van der Waals surface area contributed by atoms with Crippen molar-refractivity contribution in [2.45, 2.75) is 25.8 Å². The summed E-state index contributed by atoms with van der Waals surface area (Å²) in [5.74, 6) is -0.822. The van der Waals surface area contributed by atoms with Gasteiger partial charge in [0.05, 0.1) is 18.0 Å². The van der Waals surface area contributed by atoms with E-state index in [4.69, 9.17) is 4.74 Å². The van der Waals surface area contributed by atoms with Crippen LogP contribution in [0.2, 0.25) is 0 Å². The zero-order valence-electron chi connectivity index (χ0n) is 15.9. The number of ether oxygens (including phenoxy) is 1. The smallest absolute Gasteiger partial charge is 0.330 e. The van der Waals surface area contributed by atoms with Gasteiger partial charge in [-0.05, 0) is 56.2 Å². The van der Waals surface area contributed by atoms with Gasteiger partial charge < -0.3 is 15.0 Å². The molecule has 1 aliphatic heterocycles. The maximum absolute atomic E-state index is 12.9. The van der Waals surface area contributed by atoms with Gasteiger partial charge >= 0.3 is 5.97 Å². The molecule has 0 saturated heterocycles. The van der Waals surface area contributed by atoms with Gasteiger partial charge in [-0.1, -0.05) is 24.3 Å². The Kier molecular flexibility index (Phi) is 5.78. The fraction of sp³-hybridized carbons (Fsp3) is 0.273. The predicted octanol–water partition coefficient (Wildman–Crippen LogP) is 4.01. The van der Waals surface area contributed by atoms with Gasteiger partial charge in [0, 0.05) is 12.6 Å². The minimum absolute atomic E-state index is 0.0197. The summed E-state index contributed by atoms with van der Waals surface area (Å²) in [5, 5.41) is 3.25. The van der Waals surface area contributed by atoms with Gasteiger partial charge in [0.15, 0.2) is 0 Å². The lowest BCUT2D eigenvalue weighted by atomic mass is 9.98. The second-order valence-corrected chi connectivity index (χ2v) is 7.13. The molecule has 0 saturated carbocycles. The summed E-state index contributed by atoms with van der Waals surface area (Å²) in [5.41, 5.74) is 1.76. The number of hydrogen-bond donors (Lipinski definition) is 1. The summed E-state index contributed by atoms with van der Waals surface area (Å²) in [6, 6.07) is 13.5. The summed E-state index contributed by atoms with van der Waals surface area (Å²) in [6.07, 6.45) is 3.40. The largest absolute Gasteiger partial charge is 0.462 e. The van der Waals surface area contributed by atoms with Crippen molar-refractivity contribution < 1.29 is 18.7 Å². The third-order valence-electron chi connectivity index (χ3n) is 4.47. The Balaban J connectivity index is 1.52. The molecule has 1 N–H and O–H groups in total. The van der Waals surface area contributed by atoms with Crippen molar-refractivity contribution in [3.8, 4) is 0 Å². The molecule has 0 radical (unpaired) electrons. The zero-order chi connectivity index (χ0) is 20.1. The Morgan fingerprint density at radius 3 is 2.64 bits per heavy atom. The van der Waals surface area contributed by atoms with Crippen LogP contribution in [-0.2, 0) is 14.3 Å². The van der Waals surface area contributed by atoms with Crippen molar-refractivity contribution >= 4 is 29.3 Å². The van der Waals surface area contributed by atoms with E-state index in [9.17, 15) is 14.0 Å². The number of carbonyl (C=O) groups excluding carboxylic acids is 2. The normalized spacial score (nSPS) is 15.2. The van der Waals surface area contributed by atoms with E-state index in [1.807, 2.05) is 38.1 Å². The molecule has 5 nitrogen and oxygen atoms in total. The number of hydrogen-bond acceptors (Lipinski definition) is 4. The molecule has 1 aliphatic rings. The first-order chi connectivity index (χ1) is 13.4. The first kappa shape index (κ1) is 19.6. The Labute approximate surface area is 163 Å². The maximum Gasteiger partial charge on any atom is 0.330 e. The number of halogens is 1. The van der Waals surface area contributed by atoms with Crippen LogP contribution in [0.1, 0.15) is 25.8 Å². The van der Waals surface area contributed by atoms with Crippen molar-refractivity contribution in [2.75, 3.05) is 23.4 Å². The number of esters is 1. The number of nitrogens with one attached hydrogen (secondary N) is 1. The molecule has 146 valence electrons. The highest BCUT2D eigenvalue weighted by Crippen LogP contribution is 2.34. The van der Waals surface area contributed by atoms with Gasteiger partial charge in [-0.3, -0.25) is 4.79 Å². The van der Waals surface area contributed by atoms with Gasteiger partial charge in [-0.2, -0.15) is 0 Å². The van der Waals surface area contributed by atoms with Crippen LogP contribution in [0.15, 0.2) is 54.6 Å². The maximum atomic E-state index is 12.9. The van der Waals surface area contributed by atoms with Crippen molar-refractivity contribution in [3.63, 3.8) is 0 Å². The number of rotatable bonds is 6. The molecule has 2 aromatic rings. The molecule has 1 amide bonds. The fourth-order valence-corrected chi connectivity index (χ4v) is 3.06. The van der Waals surface area contributed by atoms with E-state index in [0.29, 0.717) is 18.5 Å². The number of nitrogens with zero attached hydrogens (tertiary/aromatic N) is 1. The standard InChI is InChI=1S/C22H23FN2O3/c1-22(2)21(27)25(19-7-4-3-6-18(19)24-22)14-5-15-28-20(26)13-10-16-8-11-17(23)12-9-16/h3-4,6-13,24H,5,14-15H2,1-2H3/b13-10+. The van der Waals surface area contributed by atoms with Crippen molar-refractivity contribution in [1.29, 1.82) is 0 Å². The lowest BCUT2D eigenvalue weighted by Gasteiger charge is -2.39. The number of para-hydroxylation sites is 2. The van der Waals surface area contributed by atoms with Crippen LogP contribution < -0.4 is 10.2 Å². The molecular formula is C22H23FN2O3. The quantitative estimate of drug-likeness (QED) is 0.466. The van der Waals surface area contributed by atoms with E-state index in [1.165, 1.54) is 18.2 Å². The number of fused-ring (bicyclic) bond motifs is 1. The molecule has 0 spiro atoms. The van der Waals surface area contributed by atoms with Crippen molar-refractivity contribution in [3.05, 3.63) is 66.0 Å². The molecule has 28 heavy (non-hydrogen) atoms. The molecule has 0 atom stereocenters. The highest BCUT2D eigenvalue weighted by atomic mass is 19.1. The second kappa shape index (κ2) is 8.25. The minimum atomic E-state index is -0.692. The van der Waals surface area contributed by atoms with E-state index in [-0.39, 0.29) is 18.3 Å². The number of amides is 1. The van der Waals surface area contributed by atoms with Crippen molar-refractivity contribution in [2.24, 2.45) is 0 Å². The van der Waals surface area contributed by atoms with Crippen molar-refractivity contribution in [1.82, 2.24) is 0 Å². The summed E-state index contributed by atoms with van der Waals surface area (Å²) in [6.45, 7) is 4.35. The lowest BCUT2D eigenvalue weighted by Crippen LogP contribution is -2.54. The molecule has 0 fully saturated rings. The molecular weight excluding hydrogens is 359 g/mol. The zero-order valence-corrected chi connectivity index (χ0v) is 15.9. The highest BCUT2D eigenvalue weighted by molar-refractivity contribution is 6.07. The molecule has 0 aromatic heterocycles. The first-order valence-corrected chi connectivity index (χ1v) is 9.16. The van der Waals surface area contributed by atoms with E-state index < -0.39 is 11.5 Å². The fourth-order valence-electron chi connectivity index (χ4n) is 3.06. The van der Waals surface area contributed by atoms with E-state index >= 15 is 0 Å². The third-order valence-corrected chi connectivity index (χ3v) is 4.47. The van der Waals surface area contributed by atoms with Crippen LogP contribution in [0.4, 0.5) is 15.8 Å². The van der Waals surface area contributed by atoms with E-state index in [2.05, 4.69) is 5.32 Å². The van der Waals surface area contributed by atoms with E-state index in [0.717, 1.165) is 11.4 Å². The number of carbonyl (C=O) groups is 2. The van der Waals surface area contributed by atoms with Crippen LogP contribution >= 0.6 is 0 Å². The third kappa shape index (κ3) is 4.57. The Morgan fingerprint density at radius 2 is 1.89 bits per heavy atom. The number of benzene rings is 2. The number of anilines is 2. The summed E-state index contributed by atoms with van der Waals surface area (Å²) >= 11 is 0. The summed E-state index contributed by atoms with van der Waals surface area (Å²) in [4.78, 5) is 26.3. The van der Waals surface area contributed by atoms with Crippen LogP contribution in [0.3, 0.4) is 0 Å². The predicted molar refractivity (Wildman–Crippen MR) is 108 cm³/mol. The molecule has 0 unspecified atom stereocenters. The lowest BCUT2D eigenvalue weighted by molar-refractivity contribution is -0.137. The second-order valence-electron chi connectivity index (χ2n) is 7.13. The molecule has 2 aromatic carbocycles. The molecule has 0 bridgehead atoms. The summed E-state index contributed by atoms with van der Waals surface area (Å²) in [7, 11) is 0. The van der Waals surface area contributed by atoms with E-state index in [1.54, 1.807) is 23.1 Å². The molecule has 6 heteroatoms. The van der Waals surface area contributed by atoms with Crippen LogP contribution in [0.25, 0.3) is 6.08 Å². The Hall–Kier alpha value is -3.15. The first-order valence-electron chi connectivity index (χ1n) is 9.16. The van der Waals surface area contributed by atoms with Crippen LogP contribution in [-0.4, -0.2) is 30.6 Å². The molecule has 1 heterocycles. The van der Waals surface area contributed by atoms with Crippen LogP contribution in [0, 0.1) is 5.82 Å². The average molecular weight is 382 g/mol.